The Labute approximate surface area is 156 Å². The molecule has 0 radical (unpaired) electrons. The molecule has 0 aromatic rings. The number of carbonyl (C=O) groups is 3. The van der Waals surface area contributed by atoms with Gasteiger partial charge in [0, 0.05) is 39.1 Å². The lowest BCUT2D eigenvalue weighted by Crippen LogP contribution is -2.52. The lowest BCUT2D eigenvalue weighted by Gasteiger charge is -2.34. The summed E-state index contributed by atoms with van der Waals surface area (Å²) < 4.78 is 0. The maximum atomic E-state index is 12.3. The molecule has 2 rings (SSSR count). The summed E-state index contributed by atoms with van der Waals surface area (Å²) in [5.74, 6) is 1.03. The monoisotopic (exact) mass is 366 g/mol. The predicted molar refractivity (Wildman–Crippen MR) is 101 cm³/mol. The summed E-state index contributed by atoms with van der Waals surface area (Å²) in [7, 11) is 0. The highest BCUT2D eigenvalue weighted by Gasteiger charge is 2.24. The van der Waals surface area contributed by atoms with Crippen LogP contribution in [0.5, 0.6) is 0 Å². The first-order chi connectivity index (χ1) is 12.4. The maximum Gasteiger partial charge on any atom is 0.321 e. The van der Waals surface area contributed by atoms with Gasteiger partial charge in [-0.25, -0.2) is 4.79 Å². The fourth-order valence-corrected chi connectivity index (χ4v) is 3.65. The van der Waals surface area contributed by atoms with Gasteiger partial charge in [0.25, 0.3) is 0 Å². The van der Waals surface area contributed by atoms with Crippen molar-refractivity contribution in [3.05, 3.63) is 0 Å². The predicted octanol–water partition coefficient (Wildman–Crippen LogP) is 1.58. The molecule has 1 saturated heterocycles. The Morgan fingerprint density at radius 3 is 2.31 bits per heavy atom. The number of amides is 4. The SMILES string of the molecule is CC(C)CNC(=O)NC(=O)CN1CCN(C(=O)CCC2CCCC2)CC1. The van der Waals surface area contributed by atoms with Crippen LogP contribution in [-0.4, -0.2) is 66.9 Å². The van der Waals surface area contributed by atoms with Crippen molar-refractivity contribution in [2.75, 3.05) is 39.3 Å². The molecule has 0 aromatic carbocycles. The van der Waals surface area contributed by atoms with E-state index in [9.17, 15) is 14.4 Å². The quantitative estimate of drug-likeness (QED) is 0.717. The molecule has 0 aromatic heterocycles. The van der Waals surface area contributed by atoms with E-state index in [-0.39, 0.29) is 18.4 Å². The zero-order valence-corrected chi connectivity index (χ0v) is 16.3. The lowest BCUT2D eigenvalue weighted by molar-refractivity contribution is -0.133. The van der Waals surface area contributed by atoms with Gasteiger partial charge in [-0.05, 0) is 18.3 Å². The van der Waals surface area contributed by atoms with Crippen LogP contribution in [0.15, 0.2) is 0 Å². The summed E-state index contributed by atoms with van der Waals surface area (Å²) in [5, 5.41) is 5.02. The second-order valence-corrected chi connectivity index (χ2v) is 8.00. The minimum atomic E-state index is -0.440. The van der Waals surface area contributed by atoms with Crippen LogP contribution in [-0.2, 0) is 9.59 Å². The van der Waals surface area contributed by atoms with Crippen molar-refractivity contribution in [3.8, 4) is 0 Å². The third-order valence-electron chi connectivity index (χ3n) is 5.26. The molecule has 1 heterocycles. The fourth-order valence-electron chi connectivity index (χ4n) is 3.65. The van der Waals surface area contributed by atoms with Crippen molar-refractivity contribution in [1.29, 1.82) is 0 Å². The Morgan fingerprint density at radius 2 is 1.69 bits per heavy atom. The van der Waals surface area contributed by atoms with E-state index in [0.717, 1.165) is 12.3 Å². The number of nitrogens with zero attached hydrogens (tertiary/aromatic N) is 2. The number of rotatable bonds is 7. The minimum Gasteiger partial charge on any atom is -0.340 e. The Bertz CT molecular complexity index is 481. The molecule has 0 spiro atoms. The van der Waals surface area contributed by atoms with E-state index in [1.165, 1.54) is 25.7 Å². The smallest absolute Gasteiger partial charge is 0.321 e. The van der Waals surface area contributed by atoms with Crippen LogP contribution in [0, 0.1) is 11.8 Å². The Morgan fingerprint density at radius 1 is 1.04 bits per heavy atom. The van der Waals surface area contributed by atoms with Crippen LogP contribution in [0.2, 0.25) is 0 Å². The van der Waals surface area contributed by atoms with E-state index in [4.69, 9.17) is 0 Å². The Balaban J connectivity index is 1.60. The van der Waals surface area contributed by atoms with Crippen LogP contribution < -0.4 is 10.6 Å². The van der Waals surface area contributed by atoms with Crippen LogP contribution in [0.3, 0.4) is 0 Å². The maximum absolute atomic E-state index is 12.3. The molecule has 1 aliphatic heterocycles. The zero-order chi connectivity index (χ0) is 18.9. The average Bonchev–Trinajstić information content (AvgIpc) is 3.12. The van der Waals surface area contributed by atoms with Crippen LogP contribution in [0.25, 0.3) is 0 Å². The van der Waals surface area contributed by atoms with Gasteiger partial charge in [0.2, 0.25) is 11.8 Å². The highest BCUT2D eigenvalue weighted by molar-refractivity contribution is 5.95. The number of hydrogen-bond acceptors (Lipinski definition) is 4. The van der Waals surface area contributed by atoms with Crippen molar-refractivity contribution >= 4 is 17.8 Å². The third-order valence-corrected chi connectivity index (χ3v) is 5.26. The van der Waals surface area contributed by atoms with E-state index in [1.54, 1.807) is 0 Å². The number of piperazine rings is 1. The van der Waals surface area contributed by atoms with Gasteiger partial charge < -0.3 is 10.2 Å². The number of carbonyl (C=O) groups excluding carboxylic acids is 3. The van der Waals surface area contributed by atoms with Gasteiger partial charge in [0.15, 0.2) is 0 Å². The molecule has 4 amide bonds. The standard InChI is InChI=1S/C19H34N4O3/c1-15(2)13-20-19(26)21-17(24)14-22-9-11-23(12-10-22)18(25)8-7-16-5-3-4-6-16/h15-16H,3-14H2,1-2H3,(H2,20,21,24,26). The van der Waals surface area contributed by atoms with Gasteiger partial charge in [-0.15, -0.1) is 0 Å². The average molecular weight is 367 g/mol. The largest absolute Gasteiger partial charge is 0.340 e. The number of imide groups is 1. The first kappa shape index (κ1) is 20.7. The minimum absolute atomic E-state index is 0.194. The molecule has 2 fully saturated rings. The molecular weight excluding hydrogens is 332 g/mol. The number of hydrogen-bond donors (Lipinski definition) is 2. The van der Waals surface area contributed by atoms with Crippen LogP contribution in [0.1, 0.15) is 52.4 Å². The summed E-state index contributed by atoms with van der Waals surface area (Å²) in [4.78, 5) is 39.8. The van der Waals surface area contributed by atoms with Crippen molar-refractivity contribution in [1.82, 2.24) is 20.4 Å². The van der Waals surface area contributed by atoms with Gasteiger partial charge >= 0.3 is 6.03 Å². The fraction of sp³-hybridized carbons (Fsp3) is 0.842. The Kier molecular flexibility index (Phi) is 8.35. The number of urea groups is 1. The van der Waals surface area contributed by atoms with Gasteiger partial charge in [-0.3, -0.25) is 19.8 Å². The summed E-state index contributed by atoms with van der Waals surface area (Å²) in [6.07, 6.45) is 6.86. The van der Waals surface area contributed by atoms with Crippen LogP contribution >= 0.6 is 0 Å². The van der Waals surface area contributed by atoms with E-state index in [1.807, 2.05) is 23.6 Å². The molecule has 7 heteroatoms. The molecule has 7 nitrogen and oxygen atoms in total. The number of nitrogens with one attached hydrogen (secondary N) is 2. The summed E-state index contributed by atoms with van der Waals surface area (Å²) in [6.45, 7) is 7.41. The second-order valence-electron chi connectivity index (χ2n) is 8.00. The first-order valence-corrected chi connectivity index (χ1v) is 10.0. The highest BCUT2D eigenvalue weighted by atomic mass is 16.2. The van der Waals surface area contributed by atoms with Gasteiger partial charge in [-0.1, -0.05) is 39.5 Å². The molecule has 1 aliphatic carbocycles. The van der Waals surface area contributed by atoms with E-state index < -0.39 is 6.03 Å². The van der Waals surface area contributed by atoms with Crippen molar-refractivity contribution < 1.29 is 14.4 Å². The van der Waals surface area contributed by atoms with Gasteiger partial charge in [-0.2, -0.15) is 0 Å². The highest BCUT2D eigenvalue weighted by Crippen LogP contribution is 2.28. The third kappa shape index (κ3) is 7.32. The molecule has 1 saturated carbocycles. The van der Waals surface area contributed by atoms with Crippen LogP contribution in [0.4, 0.5) is 4.79 Å². The molecule has 0 bridgehead atoms. The summed E-state index contributed by atoms with van der Waals surface area (Å²) >= 11 is 0. The van der Waals surface area contributed by atoms with E-state index >= 15 is 0 Å². The van der Waals surface area contributed by atoms with E-state index in [2.05, 4.69) is 10.6 Å². The van der Waals surface area contributed by atoms with E-state index in [0.29, 0.717) is 45.1 Å². The topological polar surface area (TPSA) is 81.8 Å². The second kappa shape index (κ2) is 10.5. The molecule has 0 unspecified atom stereocenters. The van der Waals surface area contributed by atoms with Gasteiger partial charge in [0.05, 0.1) is 6.54 Å². The van der Waals surface area contributed by atoms with Crippen molar-refractivity contribution in [2.24, 2.45) is 11.8 Å². The summed E-state index contributed by atoms with van der Waals surface area (Å²) in [6, 6.07) is -0.440. The van der Waals surface area contributed by atoms with Crippen molar-refractivity contribution in [2.45, 2.75) is 52.4 Å². The molecule has 148 valence electrons. The molecule has 0 atom stereocenters. The van der Waals surface area contributed by atoms with Crippen molar-refractivity contribution in [3.63, 3.8) is 0 Å². The van der Waals surface area contributed by atoms with Gasteiger partial charge in [0.1, 0.15) is 0 Å². The molecule has 2 aliphatic rings. The Hall–Kier alpha value is -1.63. The molecular formula is C19H34N4O3. The molecule has 2 N–H and O–H groups in total. The first-order valence-electron chi connectivity index (χ1n) is 10.0. The normalized spacial score (nSPS) is 19.0. The summed E-state index contributed by atoms with van der Waals surface area (Å²) in [5.41, 5.74) is 0. The molecule has 26 heavy (non-hydrogen) atoms. The zero-order valence-electron chi connectivity index (χ0n) is 16.3. The lowest BCUT2D eigenvalue weighted by atomic mass is 10.0.